The van der Waals surface area contributed by atoms with Crippen LogP contribution in [0.1, 0.15) is 48.6 Å². The largest absolute Gasteiger partial charge is 0.326 e. The number of thioether (sulfide) groups is 1. The van der Waals surface area contributed by atoms with Crippen LogP contribution in [-0.4, -0.2) is 22.0 Å². The molecule has 0 saturated heterocycles. The summed E-state index contributed by atoms with van der Waals surface area (Å²) in [6.45, 7) is 3.25. The Labute approximate surface area is 203 Å². The lowest BCUT2D eigenvalue weighted by Crippen LogP contribution is -2.23. The number of carbonyl (C=O) groups excluding carboxylic acids is 2. The molecular formula is C27H26N4O2S. The average molecular weight is 471 g/mol. The molecule has 6 nitrogen and oxygen atoms in total. The van der Waals surface area contributed by atoms with E-state index < -0.39 is 5.25 Å². The minimum absolute atomic E-state index is 0.150. The van der Waals surface area contributed by atoms with E-state index in [4.69, 9.17) is 4.98 Å². The van der Waals surface area contributed by atoms with E-state index in [9.17, 15) is 14.9 Å². The van der Waals surface area contributed by atoms with Crippen LogP contribution >= 0.6 is 11.8 Å². The van der Waals surface area contributed by atoms with Crippen molar-refractivity contribution in [1.82, 2.24) is 4.98 Å². The molecule has 0 bridgehead atoms. The second kappa shape index (κ2) is 10.5. The summed E-state index contributed by atoms with van der Waals surface area (Å²) in [5.74, 6) is 0.107. The zero-order chi connectivity index (χ0) is 24.1. The van der Waals surface area contributed by atoms with E-state index in [-0.39, 0.29) is 11.8 Å². The van der Waals surface area contributed by atoms with Crippen molar-refractivity contribution in [1.29, 1.82) is 5.26 Å². The Balaban J connectivity index is 1.43. The molecular weight excluding hydrogens is 444 g/mol. The lowest BCUT2D eigenvalue weighted by atomic mass is 9.82. The molecule has 172 valence electrons. The van der Waals surface area contributed by atoms with Crippen molar-refractivity contribution in [2.75, 3.05) is 10.6 Å². The molecule has 4 rings (SSSR count). The van der Waals surface area contributed by atoms with Crippen LogP contribution in [0.2, 0.25) is 0 Å². The van der Waals surface area contributed by atoms with Crippen molar-refractivity contribution in [3.63, 3.8) is 0 Å². The third-order valence-corrected chi connectivity index (χ3v) is 6.98. The Bertz CT molecular complexity index is 1240. The number of hydrogen-bond acceptors (Lipinski definition) is 5. The van der Waals surface area contributed by atoms with Crippen LogP contribution in [0.15, 0.2) is 65.7 Å². The number of fused-ring (bicyclic) bond motifs is 1. The van der Waals surface area contributed by atoms with Gasteiger partial charge in [-0.2, -0.15) is 5.26 Å². The van der Waals surface area contributed by atoms with Crippen molar-refractivity contribution in [2.24, 2.45) is 0 Å². The summed E-state index contributed by atoms with van der Waals surface area (Å²) in [6.07, 6.45) is 2.75. The summed E-state index contributed by atoms with van der Waals surface area (Å²) in [4.78, 5) is 28.7. The monoisotopic (exact) mass is 470 g/mol. The Morgan fingerprint density at radius 1 is 1.09 bits per heavy atom. The van der Waals surface area contributed by atoms with Gasteiger partial charge in [0.15, 0.2) is 0 Å². The van der Waals surface area contributed by atoms with E-state index in [0.717, 1.165) is 30.5 Å². The molecule has 2 N–H and O–H groups in total. The van der Waals surface area contributed by atoms with Gasteiger partial charge in [0, 0.05) is 24.0 Å². The van der Waals surface area contributed by atoms with Gasteiger partial charge in [-0.15, -0.1) is 0 Å². The Hall–Kier alpha value is -3.63. The van der Waals surface area contributed by atoms with Gasteiger partial charge < -0.3 is 10.6 Å². The van der Waals surface area contributed by atoms with E-state index in [0.29, 0.717) is 27.9 Å². The van der Waals surface area contributed by atoms with Gasteiger partial charge in [-0.1, -0.05) is 42.1 Å². The van der Waals surface area contributed by atoms with Crippen LogP contribution in [0.4, 0.5) is 11.4 Å². The fraction of sp³-hybridized carbons (Fsp3) is 0.259. The van der Waals surface area contributed by atoms with E-state index in [2.05, 4.69) is 41.0 Å². The predicted molar refractivity (Wildman–Crippen MR) is 135 cm³/mol. The summed E-state index contributed by atoms with van der Waals surface area (Å²) < 4.78 is 0. The highest BCUT2D eigenvalue weighted by Gasteiger charge is 2.24. The topological polar surface area (TPSA) is 94.9 Å². The Morgan fingerprint density at radius 2 is 1.76 bits per heavy atom. The van der Waals surface area contributed by atoms with Crippen LogP contribution in [0.3, 0.4) is 0 Å². The normalized spacial score (nSPS) is 15.5. The molecule has 0 fully saturated rings. The first-order valence-corrected chi connectivity index (χ1v) is 12.1. The van der Waals surface area contributed by atoms with Crippen LogP contribution in [0.5, 0.6) is 0 Å². The van der Waals surface area contributed by atoms with E-state index in [1.165, 1.54) is 24.2 Å². The van der Waals surface area contributed by atoms with Gasteiger partial charge in [-0.25, -0.2) is 4.98 Å². The number of aromatic nitrogens is 1. The Morgan fingerprint density at radius 3 is 2.41 bits per heavy atom. The lowest BCUT2D eigenvalue weighted by Gasteiger charge is -2.25. The quantitative estimate of drug-likeness (QED) is 0.477. The summed E-state index contributed by atoms with van der Waals surface area (Å²) >= 11 is 1.30. The fourth-order valence-corrected chi connectivity index (χ4v) is 5.03. The first-order valence-electron chi connectivity index (χ1n) is 11.3. The highest BCUT2D eigenvalue weighted by molar-refractivity contribution is 8.00. The number of hydrogen-bond donors (Lipinski definition) is 2. The van der Waals surface area contributed by atoms with Crippen molar-refractivity contribution in [3.05, 3.63) is 83.0 Å². The number of nitrogens with one attached hydrogen (secondary N) is 2. The number of aryl methyl sites for hydroxylation is 1. The molecule has 1 aliphatic rings. The smallest absolute Gasteiger partial charge is 0.237 e. The first-order chi connectivity index (χ1) is 16.4. The maximum Gasteiger partial charge on any atom is 0.237 e. The predicted octanol–water partition coefficient (Wildman–Crippen LogP) is 5.30. The van der Waals surface area contributed by atoms with Crippen LogP contribution in [0, 0.1) is 11.3 Å². The number of nitrogens with zero attached hydrogens (tertiary/aromatic N) is 2. The molecule has 7 heteroatoms. The SMILES string of the molecule is CC(=O)Nc1ccc(NC(=O)C(C)Sc2nc3c(cc2C#N)CC(c2ccccc2)CC3)cc1. The van der Waals surface area contributed by atoms with Crippen molar-refractivity contribution < 1.29 is 9.59 Å². The van der Waals surface area contributed by atoms with Crippen LogP contribution < -0.4 is 10.6 Å². The molecule has 1 heterocycles. The zero-order valence-electron chi connectivity index (χ0n) is 19.2. The van der Waals surface area contributed by atoms with E-state index in [1.807, 2.05) is 12.1 Å². The van der Waals surface area contributed by atoms with E-state index >= 15 is 0 Å². The minimum atomic E-state index is -0.437. The van der Waals surface area contributed by atoms with Gasteiger partial charge in [0.1, 0.15) is 11.1 Å². The Kier molecular flexibility index (Phi) is 7.29. The lowest BCUT2D eigenvalue weighted by molar-refractivity contribution is -0.115. The van der Waals surface area contributed by atoms with Gasteiger partial charge in [-0.05, 0) is 73.6 Å². The molecule has 34 heavy (non-hydrogen) atoms. The number of benzene rings is 2. The molecule has 2 amide bonds. The van der Waals surface area contributed by atoms with Gasteiger partial charge in [0.2, 0.25) is 11.8 Å². The molecule has 2 aromatic carbocycles. The third-order valence-electron chi connectivity index (χ3n) is 5.87. The highest BCUT2D eigenvalue weighted by atomic mass is 32.2. The van der Waals surface area contributed by atoms with Crippen molar-refractivity contribution >= 4 is 35.0 Å². The first kappa shape index (κ1) is 23.5. The maximum atomic E-state index is 12.8. The standard InChI is InChI=1S/C27H26N4O2S/c1-17(26(33)30-24-11-9-23(10-12-24)29-18(2)32)34-27-22(16-28)15-21-14-20(8-13-25(21)31-27)19-6-4-3-5-7-19/h3-7,9-12,15,17,20H,8,13-14H2,1-2H3,(H,29,32)(H,30,33). The molecule has 1 aliphatic carbocycles. The number of anilines is 2. The molecule has 0 spiro atoms. The summed E-state index contributed by atoms with van der Waals surface area (Å²) in [5, 5.41) is 15.5. The average Bonchev–Trinajstić information content (AvgIpc) is 2.84. The van der Waals surface area contributed by atoms with Crippen molar-refractivity contribution in [3.8, 4) is 6.07 Å². The van der Waals surface area contributed by atoms with Crippen LogP contribution in [0.25, 0.3) is 0 Å². The van der Waals surface area contributed by atoms with Gasteiger partial charge in [-0.3, -0.25) is 9.59 Å². The summed E-state index contributed by atoms with van der Waals surface area (Å²) in [7, 11) is 0. The third kappa shape index (κ3) is 5.64. The summed E-state index contributed by atoms with van der Waals surface area (Å²) in [5.41, 5.74) is 5.28. The zero-order valence-corrected chi connectivity index (χ0v) is 20.0. The number of pyridine rings is 1. The molecule has 0 saturated carbocycles. The minimum Gasteiger partial charge on any atom is -0.326 e. The number of nitriles is 1. The molecule has 2 unspecified atom stereocenters. The molecule has 2 atom stereocenters. The van der Waals surface area contributed by atoms with Gasteiger partial charge in [0.25, 0.3) is 0 Å². The van der Waals surface area contributed by atoms with Crippen LogP contribution in [-0.2, 0) is 22.4 Å². The maximum absolute atomic E-state index is 12.8. The second-order valence-corrected chi connectivity index (χ2v) is 9.75. The fourth-order valence-electron chi connectivity index (χ4n) is 4.13. The van der Waals surface area contributed by atoms with Gasteiger partial charge >= 0.3 is 0 Å². The molecule has 0 radical (unpaired) electrons. The molecule has 3 aromatic rings. The number of amides is 2. The number of carbonyl (C=O) groups is 2. The molecule has 1 aromatic heterocycles. The highest BCUT2D eigenvalue weighted by Crippen LogP contribution is 2.35. The molecule has 0 aliphatic heterocycles. The summed E-state index contributed by atoms with van der Waals surface area (Å²) in [6, 6.07) is 21.6. The van der Waals surface area contributed by atoms with E-state index in [1.54, 1.807) is 31.2 Å². The van der Waals surface area contributed by atoms with Gasteiger partial charge in [0.05, 0.1) is 10.8 Å². The van der Waals surface area contributed by atoms with Crippen molar-refractivity contribution in [2.45, 2.75) is 49.3 Å². The number of rotatable bonds is 6. The second-order valence-electron chi connectivity index (χ2n) is 8.42.